The average Bonchev–Trinajstić information content (AvgIpc) is 3.04. The Bertz CT molecular complexity index is 1010. The third kappa shape index (κ3) is 12.5. The van der Waals surface area contributed by atoms with Crippen LogP contribution >= 0.6 is 23.5 Å². The van der Waals surface area contributed by atoms with Crippen molar-refractivity contribution in [2.75, 3.05) is 45.5 Å². The number of aryl methyl sites for hydroxylation is 1. The van der Waals surface area contributed by atoms with E-state index in [9.17, 15) is 0 Å². The lowest BCUT2D eigenvalue weighted by molar-refractivity contribution is 0.261. The second-order valence-corrected chi connectivity index (χ2v) is 13.7. The summed E-state index contributed by atoms with van der Waals surface area (Å²) in [7, 11) is 0. The van der Waals surface area contributed by atoms with E-state index in [1.807, 2.05) is 23.5 Å². The predicted octanol–water partition coefficient (Wildman–Crippen LogP) is 11.1. The van der Waals surface area contributed by atoms with Crippen molar-refractivity contribution in [2.24, 2.45) is 0 Å². The van der Waals surface area contributed by atoms with E-state index < -0.39 is 0 Å². The number of thioether (sulfide) groups is 2. The molecule has 0 saturated carbocycles. The molecule has 0 heterocycles. The number of benzene rings is 2. The van der Waals surface area contributed by atoms with Crippen LogP contribution in [0, 0.1) is 0 Å². The molecule has 0 aromatic heterocycles. The van der Waals surface area contributed by atoms with Gasteiger partial charge in [0.2, 0.25) is 0 Å². The van der Waals surface area contributed by atoms with Gasteiger partial charge < -0.3 is 23.7 Å². The minimum atomic E-state index is -0.273. The highest BCUT2D eigenvalue weighted by molar-refractivity contribution is 8.16. The summed E-state index contributed by atoms with van der Waals surface area (Å²) in [6.45, 7) is 14.4. The molecule has 0 spiro atoms. The second kappa shape index (κ2) is 22.6. The monoisotopic (exact) mass is 648 g/mol. The van der Waals surface area contributed by atoms with E-state index in [1.165, 1.54) is 5.56 Å². The number of ether oxygens (including phenoxy) is 5. The first-order valence-corrected chi connectivity index (χ1v) is 19.5. The van der Waals surface area contributed by atoms with Crippen LogP contribution in [0.5, 0.6) is 28.7 Å². The van der Waals surface area contributed by atoms with E-state index in [0.29, 0.717) is 33.0 Å². The summed E-state index contributed by atoms with van der Waals surface area (Å²) in [5.74, 6) is 4.28. The van der Waals surface area contributed by atoms with E-state index >= 15 is 0 Å². The Morgan fingerprint density at radius 2 is 0.955 bits per heavy atom. The summed E-state index contributed by atoms with van der Waals surface area (Å²) in [6.07, 6.45) is 16.8. The molecule has 0 fully saturated rings. The number of unbranched alkanes of at least 4 members (excludes halogenated alkanes) is 5. The number of hydrogen-bond donors (Lipinski definition) is 0. The Hall–Kier alpha value is -1.86. The molecule has 0 bridgehead atoms. The molecule has 0 radical (unpaired) electrons. The fourth-order valence-corrected chi connectivity index (χ4v) is 6.85. The van der Waals surface area contributed by atoms with Crippen LogP contribution in [0.15, 0.2) is 30.3 Å². The van der Waals surface area contributed by atoms with Crippen LogP contribution in [0.1, 0.15) is 116 Å². The normalized spacial score (nSPS) is 11.4. The zero-order valence-corrected chi connectivity index (χ0v) is 30.4. The van der Waals surface area contributed by atoms with Crippen molar-refractivity contribution in [3.05, 3.63) is 41.5 Å². The lowest BCUT2D eigenvalue weighted by Crippen LogP contribution is -2.22. The van der Waals surface area contributed by atoms with Crippen molar-refractivity contribution in [3.8, 4) is 28.7 Å². The standard InChI is InChI=1S/C37H60O5S2/c1-8-13-22-38-31-28-34(41-25-16-11-4)36(35(29-31)42-26-17-12-5)37(43-6,44-7)21-20-30-18-19-32(39-23-14-9-2)33(27-30)40-24-15-10-3/h18-19,27-29H,8-17,20-26H2,1-7H3. The molecule has 2 aromatic carbocycles. The van der Waals surface area contributed by atoms with E-state index in [0.717, 1.165) is 111 Å². The fourth-order valence-electron chi connectivity index (χ4n) is 4.76. The van der Waals surface area contributed by atoms with Gasteiger partial charge >= 0.3 is 0 Å². The molecule has 0 unspecified atom stereocenters. The van der Waals surface area contributed by atoms with E-state index in [1.54, 1.807) is 0 Å². The highest BCUT2D eigenvalue weighted by atomic mass is 32.2. The van der Waals surface area contributed by atoms with Gasteiger partial charge in [-0.3, -0.25) is 0 Å². The zero-order valence-electron chi connectivity index (χ0n) is 28.8. The first-order valence-electron chi connectivity index (χ1n) is 17.1. The summed E-state index contributed by atoms with van der Waals surface area (Å²) >= 11 is 3.74. The van der Waals surface area contributed by atoms with Gasteiger partial charge in [0.15, 0.2) is 11.5 Å². The van der Waals surface area contributed by atoms with Crippen LogP contribution in [-0.4, -0.2) is 45.5 Å². The molecule has 0 atom stereocenters. The largest absolute Gasteiger partial charge is 0.493 e. The second-order valence-electron chi connectivity index (χ2n) is 11.2. The molecular weight excluding hydrogens is 589 g/mol. The Morgan fingerprint density at radius 1 is 0.523 bits per heavy atom. The molecule has 0 N–H and O–H groups in total. The quantitative estimate of drug-likeness (QED) is 0.0743. The number of hydrogen-bond acceptors (Lipinski definition) is 7. The van der Waals surface area contributed by atoms with Crippen LogP contribution in [0.4, 0.5) is 0 Å². The molecule has 2 aromatic rings. The zero-order chi connectivity index (χ0) is 32.0. The van der Waals surface area contributed by atoms with Gasteiger partial charge in [-0.15, -0.1) is 23.5 Å². The van der Waals surface area contributed by atoms with Crippen molar-refractivity contribution in [1.29, 1.82) is 0 Å². The molecule has 0 amide bonds. The Morgan fingerprint density at radius 3 is 1.41 bits per heavy atom. The van der Waals surface area contributed by atoms with Gasteiger partial charge in [-0.05, 0) is 75.2 Å². The maximum absolute atomic E-state index is 6.55. The molecular formula is C37H60O5S2. The highest BCUT2D eigenvalue weighted by Crippen LogP contribution is 2.55. The molecule has 44 heavy (non-hydrogen) atoms. The third-order valence-electron chi connectivity index (χ3n) is 7.62. The molecule has 0 aliphatic heterocycles. The van der Waals surface area contributed by atoms with Gasteiger partial charge in [0, 0.05) is 12.1 Å². The van der Waals surface area contributed by atoms with E-state index in [4.69, 9.17) is 23.7 Å². The Kier molecular flexibility index (Phi) is 19.7. The molecule has 0 aliphatic carbocycles. The summed E-state index contributed by atoms with van der Waals surface area (Å²) in [5.41, 5.74) is 2.37. The predicted molar refractivity (Wildman–Crippen MR) is 192 cm³/mol. The number of rotatable bonds is 26. The summed E-state index contributed by atoms with van der Waals surface area (Å²) in [4.78, 5) is 0. The lowest BCUT2D eigenvalue weighted by Gasteiger charge is -2.34. The van der Waals surface area contributed by atoms with Crippen LogP contribution in [0.3, 0.4) is 0 Å². The first-order chi connectivity index (χ1) is 21.5. The summed E-state index contributed by atoms with van der Waals surface area (Å²) < 4.78 is 31.4. The van der Waals surface area contributed by atoms with Gasteiger partial charge in [0.05, 0.1) is 42.7 Å². The van der Waals surface area contributed by atoms with Crippen molar-refractivity contribution >= 4 is 23.5 Å². The SMILES string of the molecule is CCCCOc1cc(OCCCC)c(C(CCc2ccc(OCCCC)c(OCCCC)c2)(SC)SC)c(OCCCC)c1. The molecule has 0 saturated heterocycles. The topological polar surface area (TPSA) is 46.2 Å². The molecule has 0 aliphatic rings. The van der Waals surface area contributed by atoms with Crippen LogP contribution in [0.2, 0.25) is 0 Å². The van der Waals surface area contributed by atoms with Gasteiger partial charge in [-0.25, -0.2) is 0 Å². The lowest BCUT2D eigenvalue weighted by atomic mass is 10.00. The minimum absolute atomic E-state index is 0.273. The van der Waals surface area contributed by atoms with Crippen LogP contribution in [0.25, 0.3) is 0 Å². The summed E-state index contributed by atoms with van der Waals surface area (Å²) in [6, 6.07) is 10.7. The smallest absolute Gasteiger partial charge is 0.161 e. The summed E-state index contributed by atoms with van der Waals surface area (Å²) in [5, 5.41) is 0. The van der Waals surface area contributed by atoms with Crippen molar-refractivity contribution in [1.82, 2.24) is 0 Å². The van der Waals surface area contributed by atoms with Crippen LogP contribution in [-0.2, 0) is 10.5 Å². The van der Waals surface area contributed by atoms with Crippen molar-refractivity contribution in [3.63, 3.8) is 0 Å². The van der Waals surface area contributed by atoms with Gasteiger partial charge in [0.1, 0.15) is 17.2 Å². The minimum Gasteiger partial charge on any atom is -0.493 e. The molecule has 7 heteroatoms. The van der Waals surface area contributed by atoms with E-state index in [2.05, 4.69) is 77.5 Å². The molecule has 250 valence electrons. The van der Waals surface area contributed by atoms with Crippen molar-refractivity contribution < 1.29 is 23.7 Å². The Balaban J connectivity index is 2.49. The van der Waals surface area contributed by atoms with Gasteiger partial charge in [-0.2, -0.15) is 0 Å². The van der Waals surface area contributed by atoms with E-state index in [-0.39, 0.29) is 4.08 Å². The highest BCUT2D eigenvalue weighted by Gasteiger charge is 2.37. The fraction of sp³-hybridized carbons (Fsp3) is 0.676. The maximum Gasteiger partial charge on any atom is 0.161 e. The first kappa shape index (κ1) is 38.3. The third-order valence-corrected chi connectivity index (χ3v) is 10.8. The average molecular weight is 649 g/mol. The molecule has 2 rings (SSSR count). The maximum atomic E-state index is 6.55. The van der Waals surface area contributed by atoms with Gasteiger partial charge in [-0.1, -0.05) is 72.8 Å². The Labute approximate surface area is 277 Å². The van der Waals surface area contributed by atoms with Gasteiger partial charge in [0.25, 0.3) is 0 Å². The van der Waals surface area contributed by atoms with Crippen molar-refractivity contribution in [2.45, 2.75) is 116 Å². The molecule has 5 nitrogen and oxygen atoms in total. The van der Waals surface area contributed by atoms with Crippen LogP contribution < -0.4 is 23.7 Å².